The van der Waals surface area contributed by atoms with Crippen LogP contribution in [0.25, 0.3) is 0 Å². The molecule has 0 spiro atoms. The summed E-state index contributed by atoms with van der Waals surface area (Å²) in [5.41, 5.74) is 2.06. The number of piperidine rings is 1. The first-order valence-electron chi connectivity index (χ1n) is 12.2. The molecule has 8 heteroatoms. The van der Waals surface area contributed by atoms with Gasteiger partial charge in [-0.25, -0.2) is 0 Å². The van der Waals surface area contributed by atoms with Crippen LogP contribution in [0, 0.1) is 12.8 Å². The zero-order valence-electron chi connectivity index (χ0n) is 19.9. The van der Waals surface area contributed by atoms with Gasteiger partial charge in [0.05, 0.1) is 0 Å². The number of aryl methyl sites for hydroxylation is 1. The van der Waals surface area contributed by atoms with Crippen molar-refractivity contribution in [3.8, 4) is 0 Å². The van der Waals surface area contributed by atoms with Crippen LogP contribution in [0.1, 0.15) is 64.8 Å². The number of benzene rings is 2. The molecule has 1 saturated heterocycles. The van der Waals surface area contributed by atoms with Crippen molar-refractivity contribution < 1.29 is 14.4 Å². The number of nitrogens with one attached hydrogen (secondary N) is 2. The standard InChI is InChI=1S/C27H31Cl2N3O3/c1-17-6-2-3-7-22(17)26(34)31-24-9-5-4-8-23(24)30-25(33)18-10-12-32(13-11-18)27(35)19-14-20(28)16-21(29)15-19/h2-3,6-7,14-16,18,23-24H,4-5,8-13H2,1H3,(H,30,33)(H,31,34)/t23-,24-/m1/s1. The van der Waals surface area contributed by atoms with E-state index in [2.05, 4.69) is 10.6 Å². The Hall–Kier alpha value is -2.57. The summed E-state index contributed by atoms with van der Waals surface area (Å²) in [5, 5.41) is 7.21. The predicted octanol–water partition coefficient (Wildman–Crippen LogP) is 5.01. The molecule has 186 valence electrons. The van der Waals surface area contributed by atoms with Crippen molar-refractivity contribution in [3.05, 3.63) is 69.2 Å². The van der Waals surface area contributed by atoms with Crippen molar-refractivity contribution >= 4 is 40.9 Å². The SMILES string of the molecule is Cc1ccccc1C(=O)N[C@@H]1CCCC[C@H]1NC(=O)C1CCN(C(=O)c2cc(Cl)cc(Cl)c2)CC1. The van der Waals surface area contributed by atoms with Crippen LogP contribution in [0.15, 0.2) is 42.5 Å². The van der Waals surface area contributed by atoms with Crippen LogP contribution in [0.5, 0.6) is 0 Å². The van der Waals surface area contributed by atoms with Gasteiger partial charge in [0.1, 0.15) is 0 Å². The molecule has 0 aromatic heterocycles. The Morgan fingerprint density at radius 3 is 2.09 bits per heavy atom. The first-order chi connectivity index (χ1) is 16.8. The highest BCUT2D eigenvalue weighted by atomic mass is 35.5. The topological polar surface area (TPSA) is 78.5 Å². The maximum absolute atomic E-state index is 13.1. The van der Waals surface area contributed by atoms with Crippen molar-refractivity contribution in [3.63, 3.8) is 0 Å². The fourth-order valence-corrected chi connectivity index (χ4v) is 5.58. The smallest absolute Gasteiger partial charge is 0.253 e. The highest BCUT2D eigenvalue weighted by molar-refractivity contribution is 6.35. The van der Waals surface area contributed by atoms with E-state index in [4.69, 9.17) is 23.2 Å². The van der Waals surface area contributed by atoms with E-state index in [1.807, 2.05) is 31.2 Å². The maximum atomic E-state index is 13.1. The van der Waals surface area contributed by atoms with Gasteiger partial charge in [-0.3, -0.25) is 14.4 Å². The molecule has 1 aliphatic heterocycles. The summed E-state index contributed by atoms with van der Waals surface area (Å²) in [6.07, 6.45) is 4.93. The van der Waals surface area contributed by atoms with Gasteiger partial charge in [-0.15, -0.1) is 0 Å². The lowest BCUT2D eigenvalue weighted by Gasteiger charge is -2.36. The summed E-state index contributed by atoms with van der Waals surface area (Å²) >= 11 is 12.1. The fraction of sp³-hybridized carbons (Fsp3) is 0.444. The van der Waals surface area contributed by atoms with Crippen LogP contribution in [-0.4, -0.2) is 47.8 Å². The Balaban J connectivity index is 1.32. The Kier molecular flexibility index (Phi) is 8.34. The van der Waals surface area contributed by atoms with Gasteiger partial charge >= 0.3 is 0 Å². The summed E-state index contributed by atoms with van der Waals surface area (Å²) < 4.78 is 0. The normalized spacial score (nSPS) is 20.8. The molecule has 0 unspecified atom stereocenters. The van der Waals surface area contributed by atoms with Crippen molar-refractivity contribution in [2.75, 3.05) is 13.1 Å². The average Bonchev–Trinajstić information content (AvgIpc) is 2.84. The number of likely N-dealkylation sites (tertiary alicyclic amines) is 1. The van der Waals surface area contributed by atoms with Crippen LogP contribution in [0.3, 0.4) is 0 Å². The molecule has 2 N–H and O–H groups in total. The third-order valence-corrected chi connectivity index (χ3v) is 7.50. The van der Waals surface area contributed by atoms with Gasteiger partial charge in [0.25, 0.3) is 11.8 Å². The lowest BCUT2D eigenvalue weighted by Crippen LogP contribution is -2.55. The molecule has 6 nitrogen and oxygen atoms in total. The second-order valence-corrected chi connectivity index (χ2v) is 10.4. The summed E-state index contributed by atoms with van der Waals surface area (Å²) in [4.78, 5) is 40.5. The number of nitrogens with zero attached hydrogens (tertiary/aromatic N) is 1. The van der Waals surface area contributed by atoms with E-state index in [0.29, 0.717) is 47.1 Å². The van der Waals surface area contributed by atoms with Crippen LogP contribution in [0.4, 0.5) is 0 Å². The molecule has 1 heterocycles. The number of hydrogen-bond acceptors (Lipinski definition) is 3. The van der Waals surface area contributed by atoms with E-state index in [1.54, 1.807) is 23.1 Å². The van der Waals surface area contributed by atoms with E-state index in [-0.39, 0.29) is 35.7 Å². The largest absolute Gasteiger partial charge is 0.351 e. The van der Waals surface area contributed by atoms with E-state index in [1.165, 1.54) is 0 Å². The van der Waals surface area contributed by atoms with Crippen molar-refractivity contribution in [2.45, 2.75) is 57.5 Å². The van der Waals surface area contributed by atoms with Gasteiger partial charge in [0, 0.05) is 52.3 Å². The van der Waals surface area contributed by atoms with Crippen LogP contribution in [0.2, 0.25) is 10.0 Å². The van der Waals surface area contributed by atoms with Gasteiger partial charge in [-0.2, -0.15) is 0 Å². The highest BCUT2D eigenvalue weighted by Gasteiger charge is 2.33. The quantitative estimate of drug-likeness (QED) is 0.587. The van der Waals surface area contributed by atoms with Crippen molar-refractivity contribution in [1.29, 1.82) is 0 Å². The van der Waals surface area contributed by atoms with Crippen molar-refractivity contribution in [2.24, 2.45) is 5.92 Å². The average molecular weight is 516 g/mol. The van der Waals surface area contributed by atoms with Gasteiger partial charge in [0.2, 0.25) is 5.91 Å². The maximum Gasteiger partial charge on any atom is 0.253 e. The van der Waals surface area contributed by atoms with Crippen molar-refractivity contribution in [1.82, 2.24) is 15.5 Å². The van der Waals surface area contributed by atoms with Crippen LogP contribution < -0.4 is 10.6 Å². The Labute approximate surface area is 216 Å². The Bertz CT molecular complexity index is 1080. The molecule has 2 aromatic rings. The zero-order valence-corrected chi connectivity index (χ0v) is 21.4. The van der Waals surface area contributed by atoms with E-state index in [0.717, 1.165) is 31.2 Å². The first kappa shape index (κ1) is 25.5. The monoisotopic (exact) mass is 515 g/mol. The minimum absolute atomic E-state index is 0.00457. The summed E-state index contributed by atoms with van der Waals surface area (Å²) in [7, 11) is 0. The van der Waals surface area contributed by atoms with E-state index in [9.17, 15) is 14.4 Å². The van der Waals surface area contributed by atoms with Crippen LogP contribution in [-0.2, 0) is 4.79 Å². The third kappa shape index (κ3) is 6.36. The molecule has 1 aliphatic carbocycles. The summed E-state index contributed by atoms with van der Waals surface area (Å²) in [6.45, 7) is 2.92. The number of hydrogen-bond donors (Lipinski definition) is 2. The highest BCUT2D eigenvalue weighted by Crippen LogP contribution is 2.25. The molecular weight excluding hydrogens is 485 g/mol. The molecule has 4 rings (SSSR count). The number of halogens is 2. The third-order valence-electron chi connectivity index (χ3n) is 7.06. The minimum atomic E-state index is -0.156. The lowest BCUT2D eigenvalue weighted by atomic mass is 9.88. The second kappa shape index (κ2) is 11.4. The molecule has 2 atom stereocenters. The van der Waals surface area contributed by atoms with E-state index >= 15 is 0 Å². The molecule has 35 heavy (non-hydrogen) atoms. The number of carbonyl (C=O) groups excluding carboxylic acids is 3. The van der Waals surface area contributed by atoms with Gasteiger partial charge in [0.15, 0.2) is 0 Å². The van der Waals surface area contributed by atoms with Gasteiger partial charge in [-0.1, -0.05) is 54.2 Å². The molecule has 2 aliphatic rings. The first-order valence-corrected chi connectivity index (χ1v) is 13.0. The van der Waals surface area contributed by atoms with E-state index < -0.39 is 0 Å². The fourth-order valence-electron chi connectivity index (χ4n) is 5.06. The Morgan fingerprint density at radius 1 is 0.857 bits per heavy atom. The number of carbonyl (C=O) groups is 3. The second-order valence-electron chi connectivity index (χ2n) is 9.52. The summed E-state index contributed by atoms with van der Waals surface area (Å²) in [6, 6.07) is 12.2. The zero-order chi connectivity index (χ0) is 24.9. The molecule has 2 fully saturated rings. The van der Waals surface area contributed by atoms with Gasteiger partial charge < -0.3 is 15.5 Å². The molecule has 0 bridgehead atoms. The Morgan fingerprint density at radius 2 is 1.46 bits per heavy atom. The van der Waals surface area contributed by atoms with Crippen LogP contribution >= 0.6 is 23.2 Å². The lowest BCUT2D eigenvalue weighted by molar-refractivity contribution is -0.127. The summed E-state index contributed by atoms with van der Waals surface area (Å²) in [5.74, 6) is -0.372. The molecule has 2 aromatic carbocycles. The molecular formula is C27H31Cl2N3O3. The predicted molar refractivity (Wildman–Crippen MR) is 138 cm³/mol. The molecule has 1 saturated carbocycles. The minimum Gasteiger partial charge on any atom is -0.351 e. The number of amides is 3. The van der Waals surface area contributed by atoms with Gasteiger partial charge in [-0.05, 0) is 62.4 Å². The molecule has 3 amide bonds. The number of rotatable bonds is 5. The molecule has 0 radical (unpaired) electrons.